The van der Waals surface area contributed by atoms with Crippen LogP contribution in [0.1, 0.15) is 48.0 Å². The summed E-state index contributed by atoms with van der Waals surface area (Å²) in [7, 11) is 0. The average molecular weight is 374 g/mol. The molecule has 7 heteroatoms. The third-order valence-corrected chi connectivity index (χ3v) is 0.760. The van der Waals surface area contributed by atoms with Gasteiger partial charge in [-0.25, -0.2) is 0 Å². The number of carbonyl (C=O) groups excluding carboxylic acids is 2. The fourth-order valence-corrected chi connectivity index (χ4v) is 0.508. The first kappa shape index (κ1) is 32.0. The zero-order valence-corrected chi connectivity index (χ0v) is 15.9. The maximum absolute atomic E-state index is 10.6. The predicted molar refractivity (Wildman–Crippen MR) is 74.8 cm³/mol. The van der Waals surface area contributed by atoms with Crippen molar-refractivity contribution in [3.63, 3.8) is 0 Å². The van der Waals surface area contributed by atoms with E-state index in [1.807, 2.05) is 0 Å². The van der Waals surface area contributed by atoms with Gasteiger partial charge in [0, 0.05) is 46.0 Å². The first-order valence-electron chi connectivity index (χ1n) is 6.28. The van der Waals surface area contributed by atoms with E-state index >= 15 is 0 Å². The van der Waals surface area contributed by atoms with Crippen molar-refractivity contribution in [1.29, 1.82) is 0 Å². The monoisotopic (exact) mass is 372 g/mol. The van der Waals surface area contributed by atoms with Gasteiger partial charge in [0.15, 0.2) is 0 Å². The number of esters is 1. The number of carbonyl (C=O) groups is 2. The maximum atomic E-state index is 10.6. The van der Waals surface area contributed by atoms with Crippen LogP contribution < -0.4 is 0 Å². The summed E-state index contributed by atoms with van der Waals surface area (Å²) in [6, 6.07) is 0. The van der Waals surface area contributed by atoms with Crippen molar-refractivity contribution < 1.29 is 55.8 Å². The fourth-order valence-electron chi connectivity index (χ4n) is 0.508. The predicted octanol–water partition coefficient (Wildman–Crippen LogP) is 0.910. The molecule has 0 rings (SSSR count). The number of rotatable bonds is 3. The average Bonchev–Trinajstić information content (AvgIpc) is 2.17. The van der Waals surface area contributed by atoms with Gasteiger partial charge in [0.2, 0.25) is 0 Å². The number of hydrogen-bond donors (Lipinski definition) is 3. The van der Waals surface area contributed by atoms with Crippen molar-refractivity contribution in [2.45, 2.75) is 54.1 Å². The van der Waals surface area contributed by atoms with Crippen LogP contribution in [0.2, 0.25) is 0 Å². The number of aliphatic hydroxyl groups is 3. The molecule has 0 unspecified atom stereocenters. The van der Waals surface area contributed by atoms with E-state index in [0.717, 1.165) is 0 Å². The van der Waals surface area contributed by atoms with Crippen LogP contribution in [-0.4, -0.2) is 53.0 Å². The molecule has 0 saturated heterocycles. The van der Waals surface area contributed by atoms with Crippen LogP contribution >= 0.6 is 0 Å². The van der Waals surface area contributed by atoms with Crippen LogP contribution in [0.3, 0.4) is 0 Å². The summed E-state index contributed by atoms with van der Waals surface area (Å²) in [6.07, 6.45) is -0.245. The molecule has 0 heterocycles. The van der Waals surface area contributed by atoms with Crippen molar-refractivity contribution in [3.8, 4) is 0 Å². The zero-order chi connectivity index (χ0) is 16.3. The van der Waals surface area contributed by atoms with E-state index in [4.69, 9.17) is 20.1 Å². The van der Waals surface area contributed by atoms with Gasteiger partial charge in [-0.05, 0) is 41.5 Å². The molecule has 0 fully saturated rings. The molecule has 0 aromatic rings. The van der Waals surface area contributed by atoms with Gasteiger partial charge in [0.25, 0.3) is 0 Å². The second-order valence-corrected chi connectivity index (χ2v) is 3.37. The normalized spacial score (nSPS) is 7.50. The molecule has 0 aliphatic rings. The molecule has 20 heavy (non-hydrogen) atoms. The van der Waals surface area contributed by atoms with E-state index in [-0.39, 0.29) is 64.3 Å². The van der Waals surface area contributed by atoms with Crippen LogP contribution in [0.25, 0.3) is 0 Å². The molecule has 0 aliphatic carbocycles. The number of hydrogen-bond acceptors (Lipinski definition) is 6. The number of Topliss-reactive ketones (excluding diaryl/α,β-unsaturated/α-hetero) is 1. The molecule has 0 bridgehead atoms. The summed E-state index contributed by atoms with van der Waals surface area (Å²) in [5.41, 5.74) is 0. The van der Waals surface area contributed by atoms with E-state index < -0.39 is 5.97 Å². The largest absolute Gasteiger partial charge is 0.463 e. The first-order valence-corrected chi connectivity index (χ1v) is 6.28. The van der Waals surface area contributed by atoms with Gasteiger partial charge < -0.3 is 20.1 Å². The number of aliphatic hydroxyl groups excluding tert-OH is 3. The van der Waals surface area contributed by atoms with Crippen LogP contribution in [0.15, 0.2) is 0 Å². The van der Waals surface area contributed by atoms with Gasteiger partial charge in [-0.2, -0.15) is 0 Å². The second kappa shape index (κ2) is 31.3. The molecular formula is C13H30O6Zr. The smallest absolute Gasteiger partial charge is 0.313 e. The number of ketones is 1. The molecule has 3 N–H and O–H groups in total. The minimum absolute atomic E-state index is 0. The molecule has 0 spiro atoms. The standard InChI is InChI=1S/C7H12O3.3C2H6O.Zr/c1-5(2)10-7(9)4-6(3)8;3*1-2-3;/h5H,4H2,1-3H3;3*3H,2H2,1H3;. The Morgan fingerprint density at radius 2 is 1.20 bits per heavy atom. The molecule has 0 radical (unpaired) electrons. The Bertz CT molecular complexity index is 181. The van der Waals surface area contributed by atoms with Crippen molar-refractivity contribution in [2.24, 2.45) is 0 Å². The minimum atomic E-state index is -0.442. The second-order valence-electron chi connectivity index (χ2n) is 3.37. The van der Waals surface area contributed by atoms with Gasteiger partial charge in [-0.1, -0.05) is 0 Å². The summed E-state index contributed by atoms with van der Waals surface area (Å²) in [6.45, 7) is 10.7. The Morgan fingerprint density at radius 1 is 0.950 bits per heavy atom. The SMILES string of the molecule is CC(=O)CC(=O)OC(C)C.CCO.CCO.CCO.[Zr]. The van der Waals surface area contributed by atoms with Gasteiger partial charge in [0.1, 0.15) is 12.2 Å². The van der Waals surface area contributed by atoms with Crippen LogP contribution in [-0.2, 0) is 40.5 Å². The minimum Gasteiger partial charge on any atom is -0.463 e. The maximum Gasteiger partial charge on any atom is 0.313 e. The van der Waals surface area contributed by atoms with Gasteiger partial charge >= 0.3 is 5.97 Å². The molecule has 0 aliphatic heterocycles. The summed E-state index contributed by atoms with van der Waals surface area (Å²) in [5.74, 6) is -0.604. The Kier molecular flexibility index (Phi) is 50.2. The van der Waals surface area contributed by atoms with E-state index in [1.54, 1.807) is 34.6 Å². The molecule has 6 nitrogen and oxygen atoms in total. The van der Waals surface area contributed by atoms with Crippen LogP contribution in [0, 0.1) is 0 Å². The molecule has 0 aromatic carbocycles. The van der Waals surface area contributed by atoms with Crippen LogP contribution in [0.5, 0.6) is 0 Å². The van der Waals surface area contributed by atoms with E-state index in [0.29, 0.717) is 0 Å². The summed E-state index contributed by atoms with van der Waals surface area (Å²) in [5, 5.41) is 22.7. The molecule has 0 saturated carbocycles. The Morgan fingerprint density at radius 3 is 1.35 bits per heavy atom. The molecule has 122 valence electrons. The van der Waals surface area contributed by atoms with Gasteiger partial charge in [0.05, 0.1) is 6.10 Å². The third-order valence-electron chi connectivity index (χ3n) is 0.760. The molecule has 0 atom stereocenters. The summed E-state index contributed by atoms with van der Waals surface area (Å²) >= 11 is 0. The van der Waals surface area contributed by atoms with E-state index in [9.17, 15) is 9.59 Å². The topological polar surface area (TPSA) is 104 Å². The zero-order valence-electron chi connectivity index (χ0n) is 13.5. The van der Waals surface area contributed by atoms with Crippen molar-refractivity contribution in [2.75, 3.05) is 19.8 Å². The summed E-state index contributed by atoms with van der Waals surface area (Å²) < 4.78 is 4.70. The first-order chi connectivity index (χ1) is 8.76. The Hall–Kier alpha value is -0.0969. The molecular weight excluding hydrogens is 343 g/mol. The van der Waals surface area contributed by atoms with Gasteiger partial charge in [-0.3, -0.25) is 9.59 Å². The van der Waals surface area contributed by atoms with E-state index in [2.05, 4.69) is 0 Å². The Balaban J connectivity index is -0.0000000626. The van der Waals surface area contributed by atoms with Crippen molar-refractivity contribution in [1.82, 2.24) is 0 Å². The van der Waals surface area contributed by atoms with Crippen LogP contribution in [0.4, 0.5) is 0 Å². The molecule has 0 amide bonds. The molecule has 0 aromatic heterocycles. The Labute approximate surface area is 141 Å². The fraction of sp³-hybridized carbons (Fsp3) is 0.846. The quantitative estimate of drug-likeness (QED) is 0.502. The summed E-state index contributed by atoms with van der Waals surface area (Å²) in [4.78, 5) is 21.0. The van der Waals surface area contributed by atoms with Gasteiger partial charge in [-0.15, -0.1) is 0 Å². The van der Waals surface area contributed by atoms with E-state index in [1.165, 1.54) is 6.92 Å². The third kappa shape index (κ3) is 81.9. The number of ether oxygens (including phenoxy) is 1. The van der Waals surface area contributed by atoms with Crippen molar-refractivity contribution >= 4 is 11.8 Å². The van der Waals surface area contributed by atoms with Crippen molar-refractivity contribution in [3.05, 3.63) is 0 Å².